The SMILES string of the molecule is COC1=CC(=O)C(OC)C1. The van der Waals surface area contributed by atoms with Crippen LogP contribution in [0.4, 0.5) is 0 Å². The summed E-state index contributed by atoms with van der Waals surface area (Å²) >= 11 is 0. The maximum absolute atomic E-state index is 10.9. The van der Waals surface area contributed by atoms with E-state index in [1.54, 1.807) is 7.11 Å². The van der Waals surface area contributed by atoms with Crippen molar-refractivity contribution in [2.24, 2.45) is 0 Å². The van der Waals surface area contributed by atoms with Crippen molar-refractivity contribution >= 4 is 5.78 Å². The molecule has 3 nitrogen and oxygen atoms in total. The molecule has 0 saturated carbocycles. The van der Waals surface area contributed by atoms with Crippen LogP contribution in [0, 0.1) is 0 Å². The fourth-order valence-electron chi connectivity index (χ4n) is 0.936. The maximum atomic E-state index is 10.9. The first-order valence-electron chi connectivity index (χ1n) is 3.09. The molecule has 1 rings (SSSR count). The van der Waals surface area contributed by atoms with E-state index in [1.165, 1.54) is 13.2 Å². The summed E-state index contributed by atoms with van der Waals surface area (Å²) in [5.74, 6) is 0.705. The van der Waals surface area contributed by atoms with Crippen molar-refractivity contribution in [3.05, 3.63) is 11.8 Å². The fourth-order valence-corrected chi connectivity index (χ4v) is 0.936. The van der Waals surface area contributed by atoms with Crippen LogP contribution in [-0.4, -0.2) is 26.1 Å². The number of ketones is 1. The highest BCUT2D eigenvalue weighted by atomic mass is 16.5. The van der Waals surface area contributed by atoms with Gasteiger partial charge in [0.1, 0.15) is 11.9 Å². The maximum Gasteiger partial charge on any atom is 0.188 e. The van der Waals surface area contributed by atoms with Crippen LogP contribution in [0.25, 0.3) is 0 Å². The molecule has 0 radical (unpaired) electrons. The molecule has 0 heterocycles. The Morgan fingerprint density at radius 1 is 1.60 bits per heavy atom. The summed E-state index contributed by atoms with van der Waals surface area (Å²) < 4.78 is 9.75. The average molecular weight is 142 g/mol. The van der Waals surface area contributed by atoms with Gasteiger partial charge < -0.3 is 9.47 Å². The van der Waals surface area contributed by atoms with Crippen molar-refractivity contribution in [1.29, 1.82) is 0 Å². The van der Waals surface area contributed by atoms with Crippen molar-refractivity contribution in [1.82, 2.24) is 0 Å². The van der Waals surface area contributed by atoms with Gasteiger partial charge in [-0.25, -0.2) is 0 Å². The van der Waals surface area contributed by atoms with E-state index in [0.29, 0.717) is 12.2 Å². The molecule has 1 unspecified atom stereocenters. The first-order valence-corrected chi connectivity index (χ1v) is 3.09. The lowest BCUT2D eigenvalue weighted by Gasteiger charge is -2.04. The van der Waals surface area contributed by atoms with Crippen molar-refractivity contribution in [2.75, 3.05) is 14.2 Å². The van der Waals surface area contributed by atoms with Crippen LogP contribution < -0.4 is 0 Å². The molecule has 0 aromatic rings. The van der Waals surface area contributed by atoms with Crippen LogP contribution in [0.15, 0.2) is 11.8 Å². The van der Waals surface area contributed by atoms with E-state index in [2.05, 4.69) is 0 Å². The van der Waals surface area contributed by atoms with Gasteiger partial charge in [0, 0.05) is 19.6 Å². The van der Waals surface area contributed by atoms with Gasteiger partial charge in [0.15, 0.2) is 5.78 Å². The molecule has 0 aliphatic heterocycles. The van der Waals surface area contributed by atoms with Crippen LogP contribution in [0.3, 0.4) is 0 Å². The van der Waals surface area contributed by atoms with Gasteiger partial charge in [0.2, 0.25) is 0 Å². The lowest BCUT2D eigenvalue weighted by Crippen LogP contribution is -2.15. The highest BCUT2D eigenvalue weighted by molar-refractivity contribution is 5.96. The van der Waals surface area contributed by atoms with E-state index in [-0.39, 0.29) is 11.9 Å². The number of hydrogen-bond donors (Lipinski definition) is 0. The summed E-state index contributed by atoms with van der Waals surface area (Å²) in [5, 5.41) is 0. The summed E-state index contributed by atoms with van der Waals surface area (Å²) in [6, 6.07) is 0. The van der Waals surface area contributed by atoms with Crippen molar-refractivity contribution in [3.8, 4) is 0 Å². The Balaban J connectivity index is 2.57. The summed E-state index contributed by atoms with van der Waals surface area (Å²) in [6.07, 6.45) is 1.75. The molecule has 0 saturated heterocycles. The van der Waals surface area contributed by atoms with Crippen LogP contribution >= 0.6 is 0 Å². The quantitative estimate of drug-likeness (QED) is 0.563. The van der Waals surface area contributed by atoms with E-state index in [9.17, 15) is 4.79 Å². The molecule has 0 spiro atoms. The molecule has 56 valence electrons. The second-order valence-electron chi connectivity index (χ2n) is 2.15. The van der Waals surface area contributed by atoms with Crippen molar-refractivity contribution in [2.45, 2.75) is 12.5 Å². The third-order valence-corrected chi connectivity index (χ3v) is 1.55. The van der Waals surface area contributed by atoms with Gasteiger partial charge in [0.25, 0.3) is 0 Å². The normalized spacial score (nSPS) is 24.8. The minimum Gasteiger partial charge on any atom is -0.501 e. The van der Waals surface area contributed by atoms with E-state index < -0.39 is 0 Å². The minimum absolute atomic E-state index is 0.000602. The minimum atomic E-state index is -0.310. The highest BCUT2D eigenvalue weighted by Crippen LogP contribution is 2.17. The zero-order valence-corrected chi connectivity index (χ0v) is 6.09. The van der Waals surface area contributed by atoms with Gasteiger partial charge in [-0.1, -0.05) is 0 Å². The number of ether oxygens (including phenoxy) is 2. The van der Waals surface area contributed by atoms with E-state index >= 15 is 0 Å². The summed E-state index contributed by atoms with van der Waals surface area (Å²) in [7, 11) is 3.08. The van der Waals surface area contributed by atoms with Gasteiger partial charge in [-0.05, 0) is 0 Å². The molecule has 3 heteroatoms. The van der Waals surface area contributed by atoms with Gasteiger partial charge in [-0.15, -0.1) is 0 Å². The zero-order chi connectivity index (χ0) is 7.56. The Morgan fingerprint density at radius 3 is 2.60 bits per heavy atom. The fraction of sp³-hybridized carbons (Fsp3) is 0.571. The predicted octanol–water partition coefficient (Wildman–Crippen LogP) is 0.504. The van der Waals surface area contributed by atoms with Crippen molar-refractivity contribution < 1.29 is 14.3 Å². The van der Waals surface area contributed by atoms with Gasteiger partial charge in [-0.3, -0.25) is 4.79 Å². The monoisotopic (exact) mass is 142 g/mol. The predicted molar refractivity (Wildman–Crippen MR) is 35.5 cm³/mol. The molecular formula is C7H10O3. The molecule has 0 fully saturated rings. The van der Waals surface area contributed by atoms with Crippen LogP contribution in [0.1, 0.15) is 6.42 Å². The molecule has 0 aromatic heterocycles. The van der Waals surface area contributed by atoms with Crippen LogP contribution in [0.5, 0.6) is 0 Å². The van der Waals surface area contributed by atoms with E-state index in [1.807, 2.05) is 0 Å². The summed E-state index contributed by atoms with van der Waals surface area (Å²) in [5.41, 5.74) is 0. The second-order valence-corrected chi connectivity index (χ2v) is 2.15. The smallest absolute Gasteiger partial charge is 0.188 e. The molecule has 0 amide bonds. The first kappa shape index (κ1) is 7.28. The highest BCUT2D eigenvalue weighted by Gasteiger charge is 2.25. The molecule has 1 aliphatic rings. The summed E-state index contributed by atoms with van der Waals surface area (Å²) in [6.45, 7) is 0. The third-order valence-electron chi connectivity index (χ3n) is 1.55. The standard InChI is InChI=1S/C7H10O3/c1-9-5-3-6(8)7(4-5)10-2/h3,7H,4H2,1-2H3. The Labute approximate surface area is 59.6 Å². The first-order chi connectivity index (χ1) is 4.77. The lowest BCUT2D eigenvalue weighted by molar-refractivity contribution is -0.122. The topological polar surface area (TPSA) is 35.5 Å². The molecule has 10 heavy (non-hydrogen) atoms. The van der Waals surface area contributed by atoms with E-state index in [0.717, 1.165) is 0 Å². The number of rotatable bonds is 2. The largest absolute Gasteiger partial charge is 0.501 e. The molecule has 0 N–H and O–H groups in total. The van der Waals surface area contributed by atoms with Crippen molar-refractivity contribution in [3.63, 3.8) is 0 Å². The Bertz CT molecular complexity index is 172. The Hall–Kier alpha value is -0.830. The number of hydrogen-bond acceptors (Lipinski definition) is 3. The van der Waals surface area contributed by atoms with Crippen LogP contribution in [0.2, 0.25) is 0 Å². The molecular weight excluding hydrogens is 132 g/mol. The number of methoxy groups -OCH3 is 2. The molecule has 1 aliphatic carbocycles. The Morgan fingerprint density at radius 2 is 2.30 bits per heavy atom. The lowest BCUT2D eigenvalue weighted by atomic mass is 10.3. The summed E-state index contributed by atoms with van der Waals surface area (Å²) in [4.78, 5) is 10.9. The average Bonchev–Trinajstić information content (AvgIpc) is 2.30. The molecule has 0 aromatic carbocycles. The number of carbonyl (C=O) groups is 1. The molecule has 0 bridgehead atoms. The Kier molecular flexibility index (Phi) is 2.06. The van der Waals surface area contributed by atoms with Gasteiger partial charge in [-0.2, -0.15) is 0 Å². The molecule has 1 atom stereocenters. The van der Waals surface area contributed by atoms with E-state index in [4.69, 9.17) is 9.47 Å². The second kappa shape index (κ2) is 2.84. The van der Waals surface area contributed by atoms with Gasteiger partial charge in [0.05, 0.1) is 7.11 Å². The number of carbonyl (C=O) groups excluding carboxylic acids is 1. The van der Waals surface area contributed by atoms with Crippen LogP contribution in [-0.2, 0) is 14.3 Å². The van der Waals surface area contributed by atoms with Gasteiger partial charge >= 0.3 is 0 Å². The zero-order valence-electron chi connectivity index (χ0n) is 6.09. The third kappa shape index (κ3) is 1.19.